The fraction of sp³-hybridized carbons (Fsp3) is 1.00. The summed E-state index contributed by atoms with van der Waals surface area (Å²) in [6.07, 6.45) is 2.80. The van der Waals surface area contributed by atoms with Crippen LogP contribution in [0.15, 0.2) is 0 Å². The molecule has 1 fully saturated rings. The smallest absolute Gasteiger partial charge is 0.122 e. The van der Waals surface area contributed by atoms with Crippen molar-refractivity contribution in [3.05, 3.63) is 0 Å². The van der Waals surface area contributed by atoms with E-state index in [1.807, 2.05) is 11.8 Å². The molecule has 0 aromatic carbocycles. The van der Waals surface area contributed by atoms with Gasteiger partial charge in [0.2, 0.25) is 0 Å². The van der Waals surface area contributed by atoms with Crippen LogP contribution in [0.2, 0.25) is 0 Å². The fourth-order valence-corrected chi connectivity index (χ4v) is 1.87. The SMILES string of the molecule is CSCCN1CCC(C)(F)C1. The maximum Gasteiger partial charge on any atom is 0.122 e. The third-order valence-electron chi connectivity index (χ3n) is 2.11. The summed E-state index contributed by atoms with van der Waals surface area (Å²) in [6.45, 7) is 4.31. The lowest BCUT2D eigenvalue weighted by Crippen LogP contribution is -2.27. The van der Waals surface area contributed by atoms with Crippen molar-refractivity contribution in [1.29, 1.82) is 0 Å². The van der Waals surface area contributed by atoms with Crippen molar-refractivity contribution in [2.45, 2.75) is 19.0 Å². The molecule has 0 aliphatic carbocycles. The lowest BCUT2D eigenvalue weighted by molar-refractivity contribution is 0.192. The van der Waals surface area contributed by atoms with E-state index in [2.05, 4.69) is 11.2 Å². The minimum atomic E-state index is -0.918. The molecule has 0 saturated carbocycles. The Morgan fingerprint density at radius 3 is 2.82 bits per heavy atom. The van der Waals surface area contributed by atoms with Crippen LogP contribution >= 0.6 is 11.8 Å². The monoisotopic (exact) mass is 177 g/mol. The molecule has 0 spiro atoms. The first-order valence-corrected chi connectivity index (χ1v) is 5.44. The van der Waals surface area contributed by atoms with Crippen LogP contribution in [0.3, 0.4) is 0 Å². The molecule has 1 unspecified atom stereocenters. The van der Waals surface area contributed by atoms with E-state index in [1.165, 1.54) is 0 Å². The maximum absolute atomic E-state index is 13.2. The molecule has 0 amide bonds. The molecule has 1 aliphatic rings. The van der Waals surface area contributed by atoms with E-state index in [1.54, 1.807) is 6.92 Å². The number of nitrogens with zero attached hydrogens (tertiary/aromatic N) is 1. The van der Waals surface area contributed by atoms with Crippen LogP contribution in [0.4, 0.5) is 4.39 Å². The number of thioether (sulfide) groups is 1. The standard InChI is InChI=1S/C8H16FNS/c1-8(9)3-4-10(7-8)5-6-11-2/h3-7H2,1-2H3. The first-order valence-electron chi connectivity index (χ1n) is 4.04. The lowest BCUT2D eigenvalue weighted by Gasteiger charge is -2.15. The molecule has 1 aliphatic heterocycles. The van der Waals surface area contributed by atoms with Crippen molar-refractivity contribution in [3.63, 3.8) is 0 Å². The van der Waals surface area contributed by atoms with E-state index in [-0.39, 0.29) is 0 Å². The Bertz CT molecular complexity index is 127. The number of rotatable bonds is 3. The van der Waals surface area contributed by atoms with Gasteiger partial charge in [-0.1, -0.05) is 0 Å². The Labute approximate surface area is 72.3 Å². The van der Waals surface area contributed by atoms with Crippen LogP contribution in [-0.4, -0.2) is 42.2 Å². The Morgan fingerprint density at radius 1 is 1.64 bits per heavy atom. The second-order valence-electron chi connectivity index (χ2n) is 3.43. The van der Waals surface area contributed by atoms with Gasteiger partial charge in [-0.05, 0) is 19.6 Å². The number of alkyl halides is 1. The second kappa shape index (κ2) is 3.76. The molecule has 66 valence electrons. The Balaban J connectivity index is 2.20. The van der Waals surface area contributed by atoms with Crippen molar-refractivity contribution in [2.75, 3.05) is 31.6 Å². The molecule has 0 aromatic rings. The highest BCUT2D eigenvalue weighted by Gasteiger charge is 2.32. The average molecular weight is 177 g/mol. The molecule has 1 nitrogen and oxygen atoms in total. The van der Waals surface area contributed by atoms with Gasteiger partial charge in [0, 0.05) is 25.4 Å². The molecule has 1 saturated heterocycles. The summed E-state index contributed by atoms with van der Waals surface area (Å²) in [5.74, 6) is 1.12. The molecule has 1 atom stereocenters. The molecule has 0 aromatic heterocycles. The van der Waals surface area contributed by atoms with E-state index < -0.39 is 5.67 Å². The minimum absolute atomic E-state index is 0.633. The van der Waals surface area contributed by atoms with Gasteiger partial charge in [0.1, 0.15) is 5.67 Å². The summed E-state index contributed by atoms with van der Waals surface area (Å²) in [5.41, 5.74) is -0.918. The molecular weight excluding hydrogens is 161 g/mol. The second-order valence-corrected chi connectivity index (χ2v) is 4.42. The number of hydrogen-bond acceptors (Lipinski definition) is 2. The van der Waals surface area contributed by atoms with Crippen molar-refractivity contribution in [1.82, 2.24) is 4.90 Å². The third-order valence-corrected chi connectivity index (χ3v) is 2.71. The molecule has 0 bridgehead atoms. The van der Waals surface area contributed by atoms with Crippen LogP contribution < -0.4 is 0 Å². The van der Waals surface area contributed by atoms with Crippen LogP contribution in [0.1, 0.15) is 13.3 Å². The van der Waals surface area contributed by atoms with Crippen molar-refractivity contribution in [2.24, 2.45) is 0 Å². The zero-order chi connectivity index (χ0) is 8.32. The van der Waals surface area contributed by atoms with Gasteiger partial charge in [0.25, 0.3) is 0 Å². The first-order chi connectivity index (χ1) is 5.14. The van der Waals surface area contributed by atoms with Gasteiger partial charge in [-0.2, -0.15) is 11.8 Å². The minimum Gasteiger partial charge on any atom is -0.299 e. The molecule has 1 rings (SSSR count). The molecule has 1 heterocycles. The number of hydrogen-bond donors (Lipinski definition) is 0. The van der Waals surface area contributed by atoms with Gasteiger partial charge in [-0.15, -0.1) is 0 Å². The Morgan fingerprint density at radius 2 is 2.36 bits per heavy atom. The molecule has 0 N–H and O–H groups in total. The quantitative estimate of drug-likeness (QED) is 0.646. The Hall–Kier alpha value is 0.240. The third kappa shape index (κ3) is 2.99. The van der Waals surface area contributed by atoms with Crippen LogP contribution in [0.5, 0.6) is 0 Å². The fourth-order valence-electron chi connectivity index (χ4n) is 1.43. The summed E-state index contributed by atoms with van der Waals surface area (Å²) < 4.78 is 13.2. The van der Waals surface area contributed by atoms with Gasteiger partial charge >= 0.3 is 0 Å². The van der Waals surface area contributed by atoms with E-state index >= 15 is 0 Å². The van der Waals surface area contributed by atoms with Gasteiger partial charge in [-0.25, -0.2) is 4.39 Å². The number of likely N-dealkylation sites (tertiary alicyclic amines) is 1. The van der Waals surface area contributed by atoms with Gasteiger partial charge in [0.05, 0.1) is 0 Å². The lowest BCUT2D eigenvalue weighted by atomic mass is 10.1. The highest BCUT2D eigenvalue weighted by atomic mass is 32.2. The first kappa shape index (κ1) is 9.33. The van der Waals surface area contributed by atoms with Crippen LogP contribution in [0, 0.1) is 0 Å². The summed E-state index contributed by atoms with van der Waals surface area (Å²) in [5, 5.41) is 0. The van der Waals surface area contributed by atoms with Crippen LogP contribution in [0.25, 0.3) is 0 Å². The van der Waals surface area contributed by atoms with E-state index in [4.69, 9.17) is 0 Å². The zero-order valence-corrected chi connectivity index (χ0v) is 8.09. The van der Waals surface area contributed by atoms with Gasteiger partial charge in [-0.3, -0.25) is 4.90 Å². The maximum atomic E-state index is 13.2. The largest absolute Gasteiger partial charge is 0.299 e. The Kier molecular flexibility index (Phi) is 3.19. The van der Waals surface area contributed by atoms with E-state index in [0.29, 0.717) is 13.0 Å². The van der Waals surface area contributed by atoms with E-state index in [0.717, 1.165) is 18.8 Å². The summed E-state index contributed by atoms with van der Waals surface area (Å²) in [7, 11) is 0. The molecule has 11 heavy (non-hydrogen) atoms. The highest BCUT2D eigenvalue weighted by Crippen LogP contribution is 2.24. The summed E-state index contributed by atoms with van der Waals surface area (Å²) in [6, 6.07) is 0. The van der Waals surface area contributed by atoms with Crippen molar-refractivity contribution in [3.8, 4) is 0 Å². The average Bonchev–Trinajstić information content (AvgIpc) is 2.26. The highest BCUT2D eigenvalue weighted by molar-refractivity contribution is 7.98. The van der Waals surface area contributed by atoms with E-state index in [9.17, 15) is 4.39 Å². The van der Waals surface area contributed by atoms with Crippen molar-refractivity contribution >= 4 is 11.8 Å². The molecule has 3 heteroatoms. The normalized spacial score (nSPS) is 33.0. The van der Waals surface area contributed by atoms with Crippen LogP contribution in [-0.2, 0) is 0 Å². The molecule has 0 radical (unpaired) electrons. The van der Waals surface area contributed by atoms with Crippen molar-refractivity contribution < 1.29 is 4.39 Å². The summed E-state index contributed by atoms with van der Waals surface area (Å²) >= 11 is 1.82. The van der Waals surface area contributed by atoms with Gasteiger partial charge in [0.15, 0.2) is 0 Å². The predicted molar refractivity (Wildman–Crippen MR) is 49.0 cm³/mol. The summed E-state index contributed by atoms with van der Waals surface area (Å²) in [4.78, 5) is 2.20. The van der Waals surface area contributed by atoms with Gasteiger partial charge < -0.3 is 0 Å². The zero-order valence-electron chi connectivity index (χ0n) is 7.27. The topological polar surface area (TPSA) is 3.24 Å². The predicted octanol–water partition coefficient (Wildman–Crippen LogP) is 1.78. The number of halogens is 1. The molecular formula is C8H16FNS.